The first-order chi connectivity index (χ1) is 9.01. The quantitative estimate of drug-likeness (QED) is 0.326. The normalized spacial score (nSPS) is 11.4. The largest absolute Gasteiger partial charge is 0.456 e. The first-order valence-electron chi connectivity index (χ1n) is 7.69. The Hall–Kier alpha value is -0.830. The maximum atomic E-state index is 11.4. The van der Waals surface area contributed by atoms with Gasteiger partial charge in [-0.25, -0.2) is 4.79 Å². The molecule has 0 amide bonds. The average molecular weight is 270 g/mol. The molecule has 0 heterocycles. The predicted octanol–water partition coefficient (Wildman–Crippen LogP) is 3.54. The molecule has 0 radical (unpaired) electrons. The van der Waals surface area contributed by atoms with Crippen LogP contribution in [0, 0.1) is 0 Å². The predicted molar refractivity (Wildman–Crippen MR) is 81.0 cm³/mol. The Balaban J connectivity index is 4.37. The first kappa shape index (κ1) is 18.2. The summed E-state index contributed by atoms with van der Waals surface area (Å²) in [6.07, 6.45) is 4.92. The molecule has 0 aromatic heterocycles. The van der Waals surface area contributed by atoms with Crippen LogP contribution in [-0.2, 0) is 9.53 Å². The molecule has 0 N–H and O–H groups in total. The second-order valence-corrected chi connectivity index (χ2v) is 5.45. The van der Waals surface area contributed by atoms with Crippen LogP contribution in [0.25, 0.3) is 0 Å². The molecule has 3 heteroatoms. The third kappa shape index (κ3) is 7.36. The third-order valence-electron chi connectivity index (χ3n) is 3.79. The fourth-order valence-electron chi connectivity index (χ4n) is 2.25. The zero-order chi connectivity index (χ0) is 14.7. The number of hydrogen-bond acceptors (Lipinski definition) is 2. The zero-order valence-corrected chi connectivity index (χ0v) is 13.3. The summed E-state index contributed by atoms with van der Waals surface area (Å²) in [7, 11) is 0. The molecule has 112 valence electrons. The monoisotopic (exact) mass is 270 g/mol. The first-order valence-corrected chi connectivity index (χ1v) is 7.69. The topological polar surface area (TPSA) is 26.3 Å². The van der Waals surface area contributed by atoms with Crippen LogP contribution in [0.4, 0.5) is 0 Å². The van der Waals surface area contributed by atoms with E-state index < -0.39 is 0 Å². The molecule has 0 atom stereocenters. The fraction of sp³-hybridized carbons (Fsp3) is 0.812. The van der Waals surface area contributed by atoms with Crippen molar-refractivity contribution in [2.24, 2.45) is 0 Å². The van der Waals surface area contributed by atoms with Crippen molar-refractivity contribution in [1.29, 1.82) is 0 Å². The summed E-state index contributed by atoms with van der Waals surface area (Å²) in [6.45, 7) is 16.9. The molecule has 0 fully saturated rings. The number of carbonyl (C=O) groups is 1. The van der Waals surface area contributed by atoms with Gasteiger partial charge in [-0.15, -0.1) is 0 Å². The van der Waals surface area contributed by atoms with Crippen LogP contribution in [0.5, 0.6) is 0 Å². The number of quaternary nitrogens is 1. The average Bonchev–Trinajstić information content (AvgIpc) is 2.41. The van der Waals surface area contributed by atoms with Crippen molar-refractivity contribution in [2.75, 3.05) is 32.8 Å². The van der Waals surface area contributed by atoms with Gasteiger partial charge in [0.15, 0.2) is 0 Å². The number of unbranched alkanes of at least 4 members (excludes halogenated alkanes) is 2. The van der Waals surface area contributed by atoms with Gasteiger partial charge in [-0.3, -0.25) is 0 Å². The maximum Gasteiger partial charge on any atom is 0.333 e. The highest BCUT2D eigenvalue weighted by Crippen LogP contribution is 2.12. The van der Waals surface area contributed by atoms with Gasteiger partial charge in [-0.1, -0.05) is 33.3 Å². The lowest BCUT2D eigenvalue weighted by atomic mass is 10.2. The smallest absolute Gasteiger partial charge is 0.333 e. The minimum atomic E-state index is -0.264. The molecule has 0 aromatic rings. The van der Waals surface area contributed by atoms with Gasteiger partial charge in [0.2, 0.25) is 0 Å². The van der Waals surface area contributed by atoms with E-state index in [4.69, 9.17) is 4.74 Å². The van der Waals surface area contributed by atoms with Gasteiger partial charge in [0, 0.05) is 5.57 Å². The third-order valence-corrected chi connectivity index (χ3v) is 3.79. The molecule has 0 aliphatic heterocycles. The van der Waals surface area contributed by atoms with E-state index in [0.29, 0.717) is 12.2 Å². The van der Waals surface area contributed by atoms with Crippen molar-refractivity contribution >= 4 is 5.97 Å². The number of likely N-dealkylation sites (N-methyl/N-ethyl adjacent to an activating group) is 1. The van der Waals surface area contributed by atoms with Crippen LogP contribution in [0.2, 0.25) is 0 Å². The molecule has 0 saturated carbocycles. The number of carbonyl (C=O) groups excluding carboxylic acids is 1. The lowest BCUT2D eigenvalue weighted by molar-refractivity contribution is -0.927. The molecule has 0 saturated heterocycles. The highest BCUT2D eigenvalue weighted by Gasteiger charge is 2.24. The van der Waals surface area contributed by atoms with Gasteiger partial charge in [-0.2, -0.15) is 0 Å². The lowest BCUT2D eigenvalue weighted by Gasteiger charge is -2.38. The number of ether oxygens (including phenoxy) is 1. The number of rotatable bonds is 11. The zero-order valence-electron chi connectivity index (χ0n) is 13.3. The second kappa shape index (κ2) is 10.0. The SMILES string of the molecule is C=C(C)C(=O)OCC[N+](CC)(CCCC)CCCC. The summed E-state index contributed by atoms with van der Waals surface area (Å²) >= 11 is 0. The molecule has 3 nitrogen and oxygen atoms in total. The van der Waals surface area contributed by atoms with Crippen molar-refractivity contribution in [3.63, 3.8) is 0 Å². The molecular weight excluding hydrogens is 238 g/mol. The Bertz CT molecular complexity index is 266. The molecule has 19 heavy (non-hydrogen) atoms. The van der Waals surface area contributed by atoms with Gasteiger partial charge in [0.05, 0.1) is 19.6 Å². The molecule has 0 rings (SSSR count). The molecule has 0 bridgehead atoms. The van der Waals surface area contributed by atoms with Gasteiger partial charge in [-0.05, 0) is 26.7 Å². The van der Waals surface area contributed by atoms with Crippen molar-refractivity contribution in [1.82, 2.24) is 0 Å². The number of hydrogen-bond donors (Lipinski definition) is 0. The summed E-state index contributed by atoms with van der Waals surface area (Å²) in [5.41, 5.74) is 0.483. The van der Waals surface area contributed by atoms with Crippen molar-refractivity contribution in [3.05, 3.63) is 12.2 Å². The van der Waals surface area contributed by atoms with Crippen LogP contribution in [0.15, 0.2) is 12.2 Å². The Morgan fingerprint density at radius 1 is 1.05 bits per heavy atom. The van der Waals surface area contributed by atoms with Crippen molar-refractivity contribution in [2.45, 2.75) is 53.4 Å². The summed E-state index contributed by atoms with van der Waals surface area (Å²) in [5, 5.41) is 0. The standard InChI is InChI=1S/C16H32NO2/c1-6-9-11-17(8-3,12-10-7-2)13-14-19-16(18)15(4)5/h4,6-14H2,1-3,5H3/q+1. The highest BCUT2D eigenvalue weighted by atomic mass is 16.5. The molecule has 0 aromatic carbocycles. The van der Waals surface area contributed by atoms with Crippen molar-refractivity contribution < 1.29 is 14.0 Å². The van der Waals surface area contributed by atoms with Crippen LogP contribution in [-0.4, -0.2) is 43.2 Å². The van der Waals surface area contributed by atoms with E-state index in [-0.39, 0.29) is 5.97 Å². The summed E-state index contributed by atoms with van der Waals surface area (Å²) in [4.78, 5) is 11.4. The van der Waals surface area contributed by atoms with E-state index in [1.807, 2.05) is 0 Å². The fourth-order valence-corrected chi connectivity index (χ4v) is 2.25. The highest BCUT2D eigenvalue weighted by molar-refractivity contribution is 5.86. The molecule has 0 spiro atoms. The number of nitrogens with zero attached hydrogens (tertiary/aromatic N) is 1. The van der Waals surface area contributed by atoms with Gasteiger partial charge in [0.25, 0.3) is 0 Å². The second-order valence-electron chi connectivity index (χ2n) is 5.45. The molecule has 0 aliphatic carbocycles. The Morgan fingerprint density at radius 2 is 1.58 bits per heavy atom. The van der Waals surface area contributed by atoms with Crippen LogP contribution in [0.1, 0.15) is 53.4 Å². The van der Waals surface area contributed by atoms with E-state index in [0.717, 1.165) is 17.6 Å². The lowest BCUT2D eigenvalue weighted by Crippen LogP contribution is -2.51. The van der Waals surface area contributed by atoms with E-state index in [1.54, 1.807) is 6.92 Å². The van der Waals surface area contributed by atoms with Gasteiger partial charge < -0.3 is 9.22 Å². The van der Waals surface area contributed by atoms with Crippen molar-refractivity contribution in [3.8, 4) is 0 Å². The van der Waals surface area contributed by atoms with E-state index in [2.05, 4.69) is 27.4 Å². The van der Waals surface area contributed by atoms with E-state index >= 15 is 0 Å². The number of esters is 1. The maximum absolute atomic E-state index is 11.4. The molecule has 0 unspecified atom stereocenters. The summed E-state index contributed by atoms with van der Waals surface area (Å²) in [5.74, 6) is -0.264. The van der Waals surface area contributed by atoms with Gasteiger partial charge >= 0.3 is 5.97 Å². The Labute approximate surface area is 119 Å². The van der Waals surface area contributed by atoms with Crippen LogP contribution < -0.4 is 0 Å². The summed E-state index contributed by atoms with van der Waals surface area (Å²) in [6, 6.07) is 0. The Kier molecular flexibility index (Phi) is 9.58. The Morgan fingerprint density at radius 3 is 1.95 bits per heavy atom. The van der Waals surface area contributed by atoms with Crippen LogP contribution in [0.3, 0.4) is 0 Å². The van der Waals surface area contributed by atoms with Gasteiger partial charge in [0.1, 0.15) is 13.2 Å². The van der Waals surface area contributed by atoms with Crippen LogP contribution >= 0.6 is 0 Å². The minimum Gasteiger partial charge on any atom is -0.456 e. The van der Waals surface area contributed by atoms with E-state index in [1.165, 1.54) is 38.8 Å². The summed E-state index contributed by atoms with van der Waals surface area (Å²) < 4.78 is 6.34. The minimum absolute atomic E-state index is 0.264. The molecule has 0 aliphatic rings. The van der Waals surface area contributed by atoms with E-state index in [9.17, 15) is 4.79 Å². The molecular formula is C16H32NO2+.